The van der Waals surface area contributed by atoms with Crippen LogP contribution in [0, 0.1) is 0 Å². The first-order valence-electron chi connectivity index (χ1n) is 6.27. The fourth-order valence-corrected chi connectivity index (χ4v) is 2.71. The molecule has 1 aromatic carbocycles. The van der Waals surface area contributed by atoms with Crippen molar-refractivity contribution < 1.29 is 9.90 Å². The monoisotopic (exact) mass is 233 g/mol. The van der Waals surface area contributed by atoms with Gasteiger partial charge in [-0.3, -0.25) is 4.79 Å². The lowest BCUT2D eigenvalue weighted by Crippen LogP contribution is -2.23. The minimum absolute atomic E-state index is 0.491. The highest BCUT2D eigenvalue weighted by molar-refractivity contribution is 5.75. The fourth-order valence-electron chi connectivity index (χ4n) is 2.71. The Hall–Kier alpha value is -1.35. The summed E-state index contributed by atoms with van der Waals surface area (Å²) in [5.41, 5.74) is 7.67. The van der Waals surface area contributed by atoms with Gasteiger partial charge in [0, 0.05) is 0 Å². The molecule has 0 aromatic heterocycles. The second kappa shape index (κ2) is 5.32. The van der Waals surface area contributed by atoms with E-state index in [1.54, 1.807) is 0 Å². The van der Waals surface area contributed by atoms with Crippen LogP contribution in [0.25, 0.3) is 0 Å². The Balaban J connectivity index is 2.29. The van der Waals surface area contributed by atoms with E-state index < -0.39 is 12.0 Å². The molecule has 17 heavy (non-hydrogen) atoms. The van der Waals surface area contributed by atoms with Gasteiger partial charge in [0.15, 0.2) is 0 Å². The van der Waals surface area contributed by atoms with Gasteiger partial charge in [-0.1, -0.05) is 43.5 Å². The SMILES string of the molecule is NC(C(=O)O)c1ccccc1C1CCCCC1. The molecule has 0 bridgehead atoms. The normalized spacial score (nSPS) is 18.9. The average molecular weight is 233 g/mol. The number of nitrogens with two attached hydrogens (primary N) is 1. The molecule has 3 nitrogen and oxygen atoms in total. The number of benzene rings is 1. The molecule has 2 rings (SSSR count). The second-order valence-electron chi connectivity index (χ2n) is 4.78. The Morgan fingerprint density at radius 2 is 1.88 bits per heavy atom. The Morgan fingerprint density at radius 3 is 2.53 bits per heavy atom. The van der Waals surface area contributed by atoms with Gasteiger partial charge in [0.2, 0.25) is 0 Å². The van der Waals surface area contributed by atoms with Crippen LogP contribution in [0.3, 0.4) is 0 Å². The van der Waals surface area contributed by atoms with Crippen molar-refractivity contribution in [3.05, 3.63) is 35.4 Å². The van der Waals surface area contributed by atoms with E-state index in [-0.39, 0.29) is 0 Å². The predicted octanol–water partition coefficient (Wildman–Crippen LogP) is 2.82. The van der Waals surface area contributed by atoms with Crippen LogP contribution in [0.4, 0.5) is 0 Å². The van der Waals surface area contributed by atoms with Crippen LogP contribution in [0.2, 0.25) is 0 Å². The summed E-state index contributed by atoms with van der Waals surface area (Å²) in [7, 11) is 0. The summed E-state index contributed by atoms with van der Waals surface area (Å²) in [5.74, 6) is -0.460. The Kier molecular flexibility index (Phi) is 3.79. The maximum absolute atomic E-state index is 11.0. The molecule has 1 atom stereocenters. The summed E-state index contributed by atoms with van der Waals surface area (Å²) in [5, 5.41) is 9.03. The molecule has 92 valence electrons. The van der Waals surface area contributed by atoms with E-state index in [0.29, 0.717) is 5.92 Å². The van der Waals surface area contributed by atoms with Crippen molar-refractivity contribution in [3.8, 4) is 0 Å². The van der Waals surface area contributed by atoms with Crippen molar-refractivity contribution >= 4 is 5.97 Å². The molecule has 0 amide bonds. The Labute approximate surface area is 102 Å². The van der Waals surface area contributed by atoms with Gasteiger partial charge in [0.1, 0.15) is 6.04 Å². The largest absolute Gasteiger partial charge is 0.480 e. The van der Waals surface area contributed by atoms with Crippen LogP contribution in [-0.2, 0) is 4.79 Å². The van der Waals surface area contributed by atoms with Gasteiger partial charge in [0.25, 0.3) is 0 Å². The average Bonchev–Trinajstić information content (AvgIpc) is 2.39. The van der Waals surface area contributed by atoms with E-state index in [1.807, 2.05) is 24.3 Å². The molecule has 0 aliphatic heterocycles. The number of hydrogen-bond donors (Lipinski definition) is 2. The summed E-state index contributed by atoms with van der Waals surface area (Å²) in [6, 6.07) is 6.83. The highest BCUT2D eigenvalue weighted by atomic mass is 16.4. The lowest BCUT2D eigenvalue weighted by atomic mass is 9.81. The first kappa shape index (κ1) is 12.1. The number of hydrogen-bond acceptors (Lipinski definition) is 2. The zero-order valence-corrected chi connectivity index (χ0v) is 9.93. The number of aliphatic carboxylic acids is 1. The molecule has 0 radical (unpaired) electrons. The van der Waals surface area contributed by atoms with Crippen molar-refractivity contribution in [1.29, 1.82) is 0 Å². The molecule has 0 saturated heterocycles. The summed E-state index contributed by atoms with van der Waals surface area (Å²) >= 11 is 0. The van der Waals surface area contributed by atoms with Crippen LogP contribution in [0.1, 0.15) is 55.2 Å². The number of rotatable bonds is 3. The molecule has 3 heteroatoms. The van der Waals surface area contributed by atoms with Crippen molar-refractivity contribution in [2.24, 2.45) is 5.73 Å². The minimum atomic E-state index is -0.951. The molecule has 1 unspecified atom stereocenters. The van der Waals surface area contributed by atoms with Gasteiger partial charge in [-0.2, -0.15) is 0 Å². The zero-order chi connectivity index (χ0) is 12.3. The lowest BCUT2D eigenvalue weighted by molar-refractivity contribution is -0.138. The zero-order valence-electron chi connectivity index (χ0n) is 9.93. The smallest absolute Gasteiger partial charge is 0.325 e. The first-order valence-corrected chi connectivity index (χ1v) is 6.27. The standard InChI is InChI=1S/C14H19NO2/c15-13(14(16)17)12-9-5-4-8-11(12)10-6-2-1-3-7-10/h4-5,8-10,13H,1-3,6-7,15H2,(H,16,17). The quantitative estimate of drug-likeness (QED) is 0.843. The highest BCUT2D eigenvalue weighted by Gasteiger charge is 2.23. The number of carboxylic acids is 1. The Bertz CT molecular complexity index is 397. The van der Waals surface area contributed by atoms with Gasteiger partial charge in [-0.25, -0.2) is 0 Å². The molecule has 0 spiro atoms. The third-order valence-electron chi connectivity index (χ3n) is 3.64. The van der Waals surface area contributed by atoms with E-state index in [1.165, 1.54) is 19.3 Å². The van der Waals surface area contributed by atoms with E-state index in [9.17, 15) is 4.79 Å². The van der Waals surface area contributed by atoms with Crippen LogP contribution in [0.5, 0.6) is 0 Å². The Morgan fingerprint density at radius 1 is 1.24 bits per heavy atom. The maximum Gasteiger partial charge on any atom is 0.325 e. The third kappa shape index (κ3) is 2.67. The van der Waals surface area contributed by atoms with Gasteiger partial charge >= 0.3 is 5.97 Å². The minimum Gasteiger partial charge on any atom is -0.480 e. The van der Waals surface area contributed by atoms with Gasteiger partial charge in [-0.05, 0) is 29.9 Å². The van der Waals surface area contributed by atoms with Crippen molar-refractivity contribution in [3.63, 3.8) is 0 Å². The molecule has 1 saturated carbocycles. The van der Waals surface area contributed by atoms with E-state index in [4.69, 9.17) is 10.8 Å². The van der Waals surface area contributed by atoms with E-state index >= 15 is 0 Å². The van der Waals surface area contributed by atoms with Gasteiger partial charge in [0.05, 0.1) is 0 Å². The van der Waals surface area contributed by atoms with Gasteiger partial charge in [-0.15, -0.1) is 0 Å². The highest BCUT2D eigenvalue weighted by Crippen LogP contribution is 2.35. The van der Waals surface area contributed by atoms with Crippen molar-refractivity contribution in [1.82, 2.24) is 0 Å². The van der Waals surface area contributed by atoms with E-state index in [2.05, 4.69) is 0 Å². The van der Waals surface area contributed by atoms with Crippen LogP contribution in [0.15, 0.2) is 24.3 Å². The molecular weight excluding hydrogens is 214 g/mol. The predicted molar refractivity (Wildman–Crippen MR) is 66.8 cm³/mol. The first-order chi connectivity index (χ1) is 8.20. The van der Waals surface area contributed by atoms with Crippen molar-refractivity contribution in [2.75, 3.05) is 0 Å². The van der Waals surface area contributed by atoms with Crippen LogP contribution >= 0.6 is 0 Å². The molecule has 1 aliphatic rings. The summed E-state index contributed by atoms with van der Waals surface area (Å²) in [6.45, 7) is 0. The third-order valence-corrected chi connectivity index (χ3v) is 3.64. The summed E-state index contributed by atoms with van der Waals surface area (Å²) in [4.78, 5) is 11.0. The summed E-state index contributed by atoms with van der Waals surface area (Å²) < 4.78 is 0. The molecule has 1 fully saturated rings. The number of carbonyl (C=O) groups is 1. The maximum atomic E-state index is 11.0. The lowest BCUT2D eigenvalue weighted by Gasteiger charge is -2.25. The summed E-state index contributed by atoms with van der Waals surface area (Å²) in [6.07, 6.45) is 6.08. The molecule has 1 aliphatic carbocycles. The topological polar surface area (TPSA) is 63.3 Å². The molecule has 1 aromatic rings. The van der Waals surface area contributed by atoms with E-state index in [0.717, 1.165) is 24.0 Å². The van der Waals surface area contributed by atoms with Gasteiger partial charge < -0.3 is 10.8 Å². The van der Waals surface area contributed by atoms with Crippen LogP contribution < -0.4 is 5.73 Å². The van der Waals surface area contributed by atoms with Crippen molar-refractivity contribution in [2.45, 2.75) is 44.1 Å². The van der Waals surface area contributed by atoms with Crippen LogP contribution in [-0.4, -0.2) is 11.1 Å². The molecule has 0 heterocycles. The molecular formula is C14H19NO2. The number of carboxylic acid groups (broad SMARTS) is 1. The molecule has 3 N–H and O–H groups in total. The second-order valence-corrected chi connectivity index (χ2v) is 4.78. The fraction of sp³-hybridized carbons (Fsp3) is 0.500.